The summed E-state index contributed by atoms with van der Waals surface area (Å²) in [5, 5.41) is 3.43. The lowest BCUT2D eigenvalue weighted by molar-refractivity contribution is 0.624. The van der Waals surface area contributed by atoms with Gasteiger partial charge in [0.2, 0.25) is 0 Å². The maximum absolute atomic E-state index is 6.26. The van der Waals surface area contributed by atoms with Gasteiger partial charge in [-0.15, -0.1) is 0 Å². The lowest BCUT2D eigenvalue weighted by Gasteiger charge is -2.19. The first kappa shape index (κ1) is 11.4. The third-order valence-electron chi connectivity index (χ3n) is 3.79. The zero-order valence-corrected chi connectivity index (χ0v) is 10.7. The number of aromatic nitrogens is 4. The van der Waals surface area contributed by atoms with Crippen LogP contribution in [0, 0.1) is 0 Å². The fourth-order valence-corrected chi connectivity index (χ4v) is 2.83. The normalized spacial score (nSPS) is 21.1. The Bertz CT molecular complexity index is 765. The summed E-state index contributed by atoms with van der Waals surface area (Å²) in [4.78, 5) is 15.6. The number of H-pyrrole nitrogens is 1. The van der Waals surface area contributed by atoms with E-state index in [-0.39, 0.29) is 12.1 Å². The van der Waals surface area contributed by atoms with Crippen molar-refractivity contribution in [2.75, 3.05) is 5.32 Å². The van der Waals surface area contributed by atoms with Crippen molar-refractivity contribution < 1.29 is 0 Å². The smallest absolute Gasteiger partial charge is 0.182 e. The number of nitrogens with two attached hydrogens (primary N) is 1. The predicted molar refractivity (Wildman–Crippen MR) is 76.2 cm³/mol. The predicted octanol–water partition coefficient (Wildman–Crippen LogP) is 1.39. The molecule has 0 bridgehead atoms. The van der Waals surface area contributed by atoms with Gasteiger partial charge in [-0.3, -0.25) is 0 Å². The molecule has 0 saturated carbocycles. The van der Waals surface area contributed by atoms with Crippen molar-refractivity contribution >= 4 is 17.0 Å². The Morgan fingerprint density at radius 1 is 1.20 bits per heavy atom. The Kier molecular flexibility index (Phi) is 2.43. The lowest BCUT2D eigenvalue weighted by Crippen LogP contribution is -2.30. The van der Waals surface area contributed by atoms with Crippen LogP contribution in [0.25, 0.3) is 11.2 Å². The van der Waals surface area contributed by atoms with Crippen molar-refractivity contribution in [1.82, 2.24) is 19.9 Å². The quantitative estimate of drug-likeness (QED) is 0.652. The molecule has 20 heavy (non-hydrogen) atoms. The lowest BCUT2D eigenvalue weighted by atomic mass is 10.1. The maximum Gasteiger partial charge on any atom is 0.182 e. The molecular weight excluding hydrogens is 252 g/mol. The fourth-order valence-electron chi connectivity index (χ4n) is 2.83. The highest BCUT2D eigenvalue weighted by Crippen LogP contribution is 2.33. The standard InChI is InChI=1S/C14H14N6/c15-10-5-8-3-1-2-4-9(8)11(10)20-14-12-13(17-6-16-12)18-7-19-14/h1-4,6-7,10-11H,5,15H2,(H2,16,17,18,19,20). The summed E-state index contributed by atoms with van der Waals surface area (Å²) in [7, 11) is 0. The van der Waals surface area contributed by atoms with Crippen LogP contribution in [0.1, 0.15) is 17.2 Å². The molecule has 0 spiro atoms. The first-order valence-electron chi connectivity index (χ1n) is 6.57. The molecule has 0 radical (unpaired) electrons. The van der Waals surface area contributed by atoms with Crippen LogP contribution >= 0.6 is 0 Å². The fraction of sp³-hybridized carbons (Fsp3) is 0.214. The average Bonchev–Trinajstić information content (AvgIpc) is 3.05. The van der Waals surface area contributed by atoms with Crippen LogP contribution in [-0.4, -0.2) is 26.0 Å². The SMILES string of the molecule is NC1Cc2ccccc2C1Nc1ncnc2nc[nH]c12. The van der Waals surface area contributed by atoms with Crippen LogP contribution in [-0.2, 0) is 6.42 Å². The average molecular weight is 266 g/mol. The van der Waals surface area contributed by atoms with Crippen molar-refractivity contribution in [3.8, 4) is 0 Å². The van der Waals surface area contributed by atoms with Gasteiger partial charge in [0.15, 0.2) is 11.5 Å². The van der Waals surface area contributed by atoms with Gasteiger partial charge in [0.1, 0.15) is 11.8 Å². The van der Waals surface area contributed by atoms with Crippen LogP contribution in [0.5, 0.6) is 0 Å². The summed E-state index contributed by atoms with van der Waals surface area (Å²) < 4.78 is 0. The maximum atomic E-state index is 6.26. The Labute approximate surface area is 115 Å². The van der Waals surface area contributed by atoms with E-state index in [2.05, 4.69) is 37.4 Å². The number of anilines is 1. The first-order chi connectivity index (χ1) is 9.83. The molecule has 0 saturated heterocycles. The third-order valence-corrected chi connectivity index (χ3v) is 3.79. The summed E-state index contributed by atoms with van der Waals surface area (Å²) in [5.41, 5.74) is 10.3. The Morgan fingerprint density at radius 2 is 2.10 bits per heavy atom. The molecule has 1 aliphatic carbocycles. The molecule has 1 aliphatic rings. The second-order valence-electron chi connectivity index (χ2n) is 5.01. The van der Waals surface area contributed by atoms with E-state index in [4.69, 9.17) is 5.73 Å². The zero-order valence-electron chi connectivity index (χ0n) is 10.7. The molecule has 6 nitrogen and oxygen atoms in total. The van der Waals surface area contributed by atoms with Crippen molar-refractivity contribution in [2.45, 2.75) is 18.5 Å². The monoisotopic (exact) mass is 266 g/mol. The number of nitrogens with zero attached hydrogens (tertiary/aromatic N) is 3. The minimum absolute atomic E-state index is 0.0420. The molecule has 2 aromatic heterocycles. The molecule has 100 valence electrons. The van der Waals surface area contributed by atoms with Gasteiger partial charge < -0.3 is 16.0 Å². The topological polar surface area (TPSA) is 92.5 Å². The molecule has 0 fully saturated rings. The van der Waals surface area contributed by atoms with Crippen LogP contribution in [0.3, 0.4) is 0 Å². The molecule has 2 heterocycles. The largest absolute Gasteiger partial charge is 0.360 e. The van der Waals surface area contributed by atoms with Gasteiger partial charge in [0.25, 0.3) is 0 Å². The van der Waals surface area contributed by atoms with Gasteiger partial charge in [-0.2, -0.15) is 0 Å². The summed E-state index contributed by atoms with van der Waals surface area (Å²) in [6.07, 6.45) is 4.01. The van der Waals surface area contributed by atoms with Crippen molar-refractivity contribution in [3.63, 3.8) is 0 Å². The molecule has 6 heteroatoms. The minimum atomic E-state index is 0.0420. The van der Waals surface area contributed by atoms with Gasteiger partial charge in [-0.25, -0.2) is 15.0 Å². The van der Waals surface area contributed by atoms with Gasteiger partial charge >= 0.3 is 0 Å². The number of fused-ring (bicyclic) bond motifs is 2. The van der Waals surface area contributed by atoms with E-state index in [1.807, 2.05) is 12.1 Å². The van der Waals surface area contributed by atoms with Crippen LogP contribution in [0.2, 0.25) is 0 Å². The van der Waals surface area contributed by atoms with Gasteiger partial charge in [-0.05, 0) is 17.5 Å². The first-order valence-corrected chi connectivity index (χ1v) is 6.57. The second-order valence-corrected chi connectivity index (χ2v) is 5.01. The molecule has 2 atom stereocenters. The summed E-state index contributed by atoms with van der Waals surface area (Å²) in [5.74, 6) is 0.740. The van der Waals surface area contributed by atoms with E-state index in [0.717, 1.165) is 17.8 Å². The Morgan fingerprint density at radius 3 is 3.05 bits per heavy atom. The van der Waals surface area contributed by atoms with E-state index in [1.165, 1.54) is 17.5 Å². The van der Waals surface area contributed by atoms with E-state index in [9.17, 15) is 0 Å². The van der Waals surface area contributed by atoms with Gasteiger partial charge in [0, 0.05) is 6.04 Å². The van der Waals surface area contributed by atoms with E-state index in [1.54, 1.807) is 6.33 Å². The number of hydrogen-bond donors (Lipinski definition) is 3. The number of aromatic amines is 1. The van der Waals surface area contributed by atoms with Crippen LogP contribution < -0.4 is 11.1 Å². The number of benzene rings is 1. The van der Waals surface area contributed by atoms with Gasteiger partial charge in [0.05, 0.1) is 12.4 Å². The zero-order chi connectivity index (χ0) is 13.5. The third kappa shape index (κ3) is 1.65. The summed E-state index contributed by atoms with van der Waals surface area (Å²) >= 11 is 0. The van der Waals surface area contributed by atoms with E-state index in [0.29, 0.717) is 5.65 Å². The van der Waals surface area contributed by atoms with Crippen molar-refractivity contribution in [3.05, 3.63) is 48.0 Å². The Hall–Kier alpha value is -2.47. The number of rotatable bonds is 2. The second kappa shape index (κ2) is 4.28. The number of hydrogen-bond acceptors (Lipinski definition) is 5. The molecule has 0 aliphatic heterocycles. The molecule has 2 unspecified atom stereocenters. The number of imidazole rings is 1. The van der Waals surface area contributed by atoms with Crippen LogP contribution in [0.15, 0.2) is 36.9 Å². The molecule has 0 amide bonds. The summed E-state index contributed by atoms with van der Waals surface area (Å²) in [6, 6.07) is 8.43. The Balaban J connectivity index is 1.74. The van der Waals surface area contributed by atoms with Crippen molar-refractivity contribution in [2.24, 2.45) is 5.73 Å². The summed E-state index contributed by atoms with van der Waals surface area (Å²) in [6.45, 7) is 0. The highest BCUT2D eigenvalue weighted by atomic mass is 15.1. The molecule has 3 aromatic rings. The highest BCUT2D eigenvalue weighted by molar-refractivity contribution is 5.82. The molecule has 1 aromatic carbocycles. The van der Waals surface area contributed by atoms with Crippen molar-refractivity contribution in [1.29, 1.82) is 0 Å². The molecule has 4 N–H and O–H groups in total. The minimum Gasteiger partial charge on any atom is -0.360 e. The molecule has 4 rings (SSSR count). The highest BCUT2D eigenvalue weighted by Gasteiger charge is 2.30. The van der Waals surface area contributed by atoms with E-state index >= 15 is 0 Å². The molecular formula is C14H14N6. The number of nitrogens with one attached hydrogen (secondary N) is 2. The van der Waals surface area contributed by atoms with Gasteiger partial charge in [-0.1, -0.05) is 24.3 Å². The van der Waals surface area contributed by atoms with E-state index < -0.39 is 0 Å². The van der Waals surface area contributed by atoms with Crippen LogP contribution in [0.4, 0.5) is 5.82 Å².